The molecule has 0 aliphatic heterocycles. The van der Waals surface area contributed by atoms with Gasteiger partial charge in [-0.2, -0.15) is 0 Å². The Hall–Kier alpha value is -1.74. The van der Waals surface area contributed by atoms with E-state index in [1.807, 2.05) is 6.07 Å². The molecular formula is C27H45FO11. The SMILES string of the molecule is O=C(OCCOCCOCCOCCOCCOCCOCCOCCOCCOCCF)c1ccccc1. The Morgan fingerprint density at radius 3 is 1.03 bits per heavy atom. The maximum Gasteiger partial charge on any atom is 0.338 e. The molecular weight excluding hydrogens is 519 g/mol. The van der Waals surface area contributed by atoms with Crippen LogP contribution in [0.2, 0.25) is 0 Å². The molecule has 226 valence electrons. The largest absolute Gasteiger partial charge is 0.460 e. The molecule has 0 fully saturated rings. The first-order valence-corrected chi connectivity index (χ1v) is 13.3. The molecule has 0 unspecified atom stereocenters. The smallest absolute Gasteiger partial charge is 0.338 e. The van der Waals surface area contributed by atoms with Gasteiger partial charge < -0.3 is 47.4 Å². The molecule has 0 heterocycles. The standard InChI is InChI=1S/C27H45FO11/c28-6-7-30-8-9-31-10-11-32-12-13-33-14-15-34-16-17-35-18-19-36-20-21-37-22-23-38-24-25-39-27(29)26-4-2-1-3-5-26/h1-5H,6-25H2. The third-order valence-electron chi connectivity index (χ3n) is 4.67. The molecule has 1 aromatic rings. The normalized spacial score (nSPS) is 11.2. The number of benzene rings is 1. The van der Waals surface area contributed by atoms with Crippen molar-refractivity contribution in [2.24, 2.45) is 0 Å². The van der Waals surface area contributed by atoms with Crippen molar-refractivity contribution in [3.05, 3.63) is 35.9 Å². The molecule has 0 saturated carbocycles. The number of esters is 1. The van der Waals surface area contributed by atoms with Crippen LogP contribution in [0.5, 0.6) is 0 Å². The van der Waals surface area contributed by atoms with Crippen molar-refractivity contribution in [2.45, 2.75) is 0 Å². The number of rotatable bonds is 30. The Morgan fingerprint density at radius 1 is 0.436 bits per heavy atom. The lowest BCUT2D eigenvalue weighted by molar-refractivity contribution is -0.0260. The van der Waals surface area contributed by atoms with Crippen molar-refractivity contribution >= 4 is 5.97 Å². The topological polar surface area (TPSA) is 109 Å². The summed E-state index contributed by atoms with van der Waals surface area (Å²) in [7, 11) is 0. The molecule has 0 aliphatic carbocycles. The molecule has 0 amide bonds. The quantitative estimate of drug-likeness (QED) is 0.101. The van der Waals surface area contributed by atoms with E-state index in [4.69, 9.17) is 47.4 Å². The number of carbonyl (C=O) groups excluding carboxylic acids is 1. The summed E-state index contributed by atoms with van der Waals surface area (Å²) in [6.07, 6.45) is 0. The minimum atomic E-state index is -0.477. The van der Waals surface area contributed by atoms with E-state index in [-0.39, 0.29) is 19.2 Å². The first-order chi connectivity index (χ1) is 19.3. The molecule has 0 spiro atoms. The molecule has 0 aromatic heterocycles. The van der Waals surface area contributed by atoms with Gasteiger partial charge in [0.15, 0.2) is 0 Å². The lowest BCUT2D eigenvalue weighted by atomic mass is 10.2. The Bertz CT molecular complexity index is 639. The molecule has 0 bridgehead atoms. The Morgan fingerprint density at radius 2 is 0.718 bits per heavy atom. The zero-order chi connectivity index (χ0) is 27.9. The van der Waals surface area contributed by atoms with Crippen molar-refractivity contribution in [1.29, 1.82) is 0 Å². The highest BCUT2D eigenvalue weighted by Crippen LogP contribution is 2.00. The van der Waals surface area contributed by atoms with Gasteiger partial charge in [-0.1, -0.05) is 18.2 Å². The van der Waals surface area contributed by atoms with Gasteiger partial charge in [0.2, 0.25) is 0 Å². The third-order valence-corrected chi connectivity index (χ3v) is 4.67. The minimum Gasteiger partial charge on any atom is -0.460 e. The van der Waals surface area contributed by atoms with E-state index in [1.165, 1.54) is 0 Å². The van der Waals surface area contributed by atoms with Gasteiger partial charge in [-0.25, -0.2) is 9.18 Å². The number of ether oxygens (including phenoxy) is 10. The van der Waals surface area contributed by atoms with Crippen LogP contribution in [0.15, 0.2) is 30.3 Å². The second kappa shape index (κ2) is 29.2. The van der Waals surface area contributed by atoms with Crippen molar-refractivity contribution in [3.63, 3.8) is 0 Å². The first kappa shape index (κ1) is 35.3. The van der Waals surface area contributed by atoms with Crippen molar-refractivity contribution in [3.8, 4) is 0 Å². The van der Waals surface area contributed by atoms with E-state index >= 15 is 0 Å². The molecule has 0 aliphatic rings. The summed E-state index contributed by atoms with van der Waals surface area (Å²) in [6, 6.07) is 8.83. The van der Waals surface area contributed by atoms with Crippen molar-refractivity contribution in [2.75, 3.05) is 132 Å². The van der Waals surface area contributed by atoms with Crippen LogP contribution in [-0.2, 0) is 47.4 Å². The number of carbonyl (C=O) groups is 1. The number of hydrogen-bond donors (Lipinski definition) is 0. The maximum atomic E-state index is 11.8. The fourth-order valence-electron chi connectivity index (χ4n) is 2.77. The minimum absolute atomic E-state index is 0.110. The van der Waals surface area contributed by atoms with Crippen molar-refractivity contribution < 1.29 is 56.6 Å². The molecule has 1 aromatic carbocycles. The van der Waals surface area contributed by atoms with Crippen LogP contribution in [0.3, 0.4) is 0 Å². The second-order valence-electron chi connectivity index (χ2n) is 7.70. The number of hydrogen-bond acceptors (Lipinski definition) is 11. The molecule has 1 rings (SSSR count). The molecule has 11 nitrogen and oxygen atoms in total. The van der Waals surface area contributed by atoms with Crippen LogP contribution in [0.25, 0.3) is 0 Å². The molecule has 0 saturated heterocycles. The van der Waals surface area contributed by atoms with E-state index in [0.717, 1.165) is 0 Å². The Kier molecular flexibility index (Phi) is 26.5. The van der Waals surface area contributed by atoms with Crippen molar-refractivity contribution in [1.82, 2.24) is 0 Å². The van der Waals surface area contributed by atoms with Gasteiger partial charge in [-0.15, -0.1) is 0 Å². The van der Waals surface area contributed by atoms with Gasteiger partial charge >= 0.3 is 5.97 Å². The van der Waals surface area contributed by atoms with E-state index in [2.05, 4.69) is 0 Å². The van der Waals surface area contributed by atoms with Gasteiger partial charge in [0.1, 0.15) is 13.3 Å². The van der Waals surface area contributed by atoms with E-state index in [9.17, 15) is 9.18 Å². The molecule has 0 atom stereocenters. The summed E-state index contributed by atoms with van der Waals surface area (Å²) in [5, 5.41) is 0. The summed E-state index contributed by atoms with van der Waals surface area (Å²) < 4.78 is 65.0. The fraction of sp³-hybridized carbons (Fsp3) is 0.741. The highest BCUT2D eigenvalue weighted by molar-refractivity contribution is 5.89. The predicted octanol–water partition coefficient (Wildman–Crippen LogP) is 1.96. The monoisotopic (exact) mass is 564 g/mol. The zero-order valence-electron chi connectivity index (χ0n) is 22.9. The predicted molar refractivity (Wildman–Crippen MR) is 140 cm³/mol. The first-order valence-electron chi connectivity index (χ1n) is 13.3. The fourth-order valence-corrected chi connectivity index (χ4v) is 2.77. The number of halogens is 1. The van der Waals surface area contributed by atoms with Crippen LogP contribution in [0, 0.1) is 0 Å². The molecule has 0 N–H and O–H groups in total. The van der Waals surface area contributed by atoms with E-state index in [1.54, 1.807) is 24.3 Å². The summed E-state index contributed by atoms with van der Waals surface area (Å²) in [4.78, 5) is 11.7. The second-order valence-corrected chi connectivity index (χ2v) is 7.70. The van der Waals surface area contributed by atoms with Crippen LogP contribution in [0.4, 0.5) is 4.39 Å². The lowest BCUT2D eigenvalue weighted by Crippen LogP contribution is -2.15. The molecule has 0 radical (unpaired) electrons. The van der Waals surface area contributed by atoms with Gasteiger partial charge in [0.25, 0.3) is 0 Å². The maximum absolute atomic E-state index is 11.8. The van der Waals surface area contributed by atoms with Crippen LogP contribution in [0.1, 0.15) is 10.4 Å². The Labute approximate surface area is 231 Å². The third kappa shape index (κ3) is 25.0. The summed E-state index contributed by atoms with van der Waals surface area (Å²) in [6.45, 7) is 7.59. The van der Waals surface area contributed by atoms with Gasteiger partial charge in [0, 0.05) is 0 Å². The molecule has 12 heteroatoms. The summed E-state index contributed by atoms with van der Waals surface area (Å²) in [5.74, 6) is -0.359. The highest BCUT2D eigenvalue weighted by Gasteiger charge is 2.05. The summed E-state index contributed by atoms with van der Waals surface area (Å²) >= 11 is 0. The summed E-state index contributed by atoms with van der Waals surface area (Å²) in [5.41, 5.74) is 0.523. The Balaban J connectivity index is 1.65. The highest BCUT2D eigenvalue weighted by atomic mass is 19.1. The van der Waals surface area contributed by atoms with Crippen LogP contribution < -0.4 is 0 Å². The average Bonchev–Trinajstić information content (AvgIpc) is 2.96. The van der Waals surface area contributed by atoms with E-state index in [0.29, 0.717) is 118 Å². The zero-order valence-corrected chi connectivity index (χ0v) is 22.9. The van der Waals surface area contributed by atoms with E-state index < -0.39 is 6.67 Å². The molecule has 39 heavy (non-hydrogen) atoms. The number of alkyl halides is 1. The van der Waals surface area contributed by atoms with Crippen LogP contribution >= 0.6 is 0 Å². The van der Waals surface area contributed by atoms with Gasteiger partial charge in [-0.05, 0) is 12.1 Å². The van der Waals surface area contributed by atoms with Crippen LogP contribution in [-0.4, -0.2) is 138 Å². The lowest BCUT2D eigenvalue weighted by Gasteiger charge is -2.09. The average molecular weight is 565 g/mol. The van der Waals surface area contributed by atoms with Gasteiger partial charge in [-0.3, -0.25) is 0 Å². The van der Waals surface area contributed by atoms with Gasteiger partial charge in [0.05, 0.1) is 124 Å².